The smallest absolute Gasteiger partial charge is 0.244 e. The molecule has 1 amide bonds. The summed E-state index contributed by atoms with van der Waals surface area (Å²) in [6.45, 7) is 0.567. The van der Waals surface area contributed by atoms with E-state index in [-0.39, 0.29) is 17.9 Å². The molecule has 3 nitrogen and oxygen atoms in total. The van der Waals surface area contributed by atoms with Gasteiger partial charge in [0, 0.05) is 18.5 Å². The zero-order chi connectivity index (χ0) is 13.0. The summed E-state index contributed by atoms with van der Waals surface area (Å²) in [5, 5.41) is 14.5. The summed E-state index contributed by atoms with van der Waals surface area (Å²) in [5.41, 5.74) is 1.02. The van der Waals surface area contributed by atoms with Crippen LogP contribution in [0.3, 0.4) is 0 Å². The number of carbonyl (C=O) groups is 1. The highest BCUT2D eigenvalue weighted by Crippen LogP contribution is 2.24. The standard InChI is InChI=1S/C13H16BrNO2S/c14-12-6-9(8-18-12)4-5-13(17)15-7-10-2-1-3-11(10)16/h4-6,8,10-11,16H,1-3,7H2,(H,15,17). The van der Waals surface area contributed by atoms with Crippen molar-refractivity contribution in [2.75, 3.05) is 6.54 Å². The van der Waals surface area contributed by atoms with Gasteiger partial charge in [0.05, 0.1) is 9.89 Å². The molecule has 1 aromatic rings. The molecule has 1 saturated carbocycles. The molecule has 2 atom stereocenters. The van der Waals surface area contributed by atoms with E-state index in [0.717, 1.165) is 28.6 Å². The molecule has 2 unspecified atom stereocenters. The number of rotatable bonds is 4. The van der Waals surface area contributed by atoms with Crippen LogP contribution in [0.2, 0.25) is 0 Å². The summed E-state index contributed by atoms with van der Waals surface area (Å²) >= 11 is 4.97. The van der Waals surface area contributed by atoms with Crippen LogP contribution in [0.5, 0.6) is 0 Å². The van der Waals surface area contributed by atoms with Gasteiger partial charge in [0.15, 0.2) is 0 Å². The van der Waals surface area contributed by atoms with Gasteiger partial charge in [-0.3, -0.25) is 4.79 Å². The first-order valence-electron chi connectivity index (χ1n) is 6.03. The second kappa shape index (κ2) is 6.50. The minimum absolute atomic E-state index is 0.101. The molecule has 1 aliphatic carbocycles. The Morgan fingerprint density at radius 1 is 1.61 bits per heavy atom. The lowest BCUT2D eigenvalue weighted by Gasteiger charge is -2.13. The van der Waals surface area contributed by atoms with Crippen LogP contribution in [0, 0.1) is 5.92 Å². The summed E-state index contributed by atoms with van der Waals surface area (Å²) in [5.74, 6) is 0.120. The van der Waals surface area contributed by atoms with E-state index in [1.54, 1.807) is 17.4 Å². The maximum absolute atomic E-state index is 11.6. The van der Waals surface area contributed by atoms with Gasteiger partial charge in [0.25, 0.3) is 0 Å². The highest BCUT2D eigenvalue weighted by atomic mass is 79.9. The lowest BCUT2D eigenvalue weighted by molar-refractivity contribution is -0.116. The Labute approximate surface area is 119 Å². The Kier molecular flexibility index (Phi) is 4.97. The molecule has 0 aliphatic heterocycles. The normalized spacial score (nSPS) is 23.7. The first-order valence-corrected chi connectivity index (χ1v) is 7.70. The zero-order valence-corrected chi connectivity index (χ0v) is 12.3. The summed E-state index contributed by atoms with van der Waals surface area (Å²) < 4.78 is 1.05. The number of thiophene rings is 1. The van der Waals surface area contributed by atoms with Gasteiger partial charge in [0.1, 0.15) is 0 Å². The molecule has 1 fully saturated rings. The number of carbonyl (C=O) groups excluding carboxylic acids is 1. The fourth-order valence-electron chi connectivity index (χ4n) is 2.13. The van der Waals surface area contributed by atoms with E-state index < -0.39 is 0 Å². The molecule has 0 saturated heterocycles. The van der Waals surface area contributed by atoms with Gasteiger partial charge in [-0.15, -0.1) is 11.3 Å². The molecule has 5 heteroatoms. The third-order valence-electron chi connectivity index (χ3n) is 3.17. The maximum Gasteiger partial charge on any atom is 0.244 e. The molecule has 1 aromatic heterocycles. The number of hydrogen-bond acceptors (Lipinski definition) is 3. The van der Waals surface area contributed by atoms with Crippen molar-refractivity contribution in [1.29, 1.82) is 0 Å². The van der Waals surface area contributed by atoms with Crippen molar-refractivity contribution >= 4 is 39.2 Å². The topological polar surface area (TPSA) is 49.3 Å². The van der Waals surface area contributed by atoms with Crippen LogP contribution in [0.4, 0.5) is 0 Å². The molecule has 98 valence electrons. The van der Waals surface area contributed by atoms with E-state index >= 15 is 0 Å². The SMILES string of the molecule is O=C(C=Cc1csc(Br)c1)NCC1CCCC1O. The zero-order valence-electron chi connectivity index (χ0n) is 9.93. The Morgan fingerprint density at radius 2 is 2.44 bits per heavy atom. The summed E-state index contributed by atoms with van der Waals surface area (Å²) in [7, 11) is 0. The fourth-order valence-corrected chi connectivity index (χ4v) is 3.27. The molecule has 2 rings (SSSR count). The molecule has 1 aliphatic rings. The predicted molar refractivity (Wildman–Crippen MR) is 77.4 cm³/mol. The number of aliphatic hydroxyl groups excluding tert-OH is 1. The largest absolute Gasteiger partial charge is 0.393 e. The first kappa shape index (κ1) is 13.8. The molecule has 0 bridgehead atoms. The lowest BCUT2D eigenvalue weighted by Crippen LogP contribution is -2.31. The second-order valence-electron chi connectivity index (χ2n) is 4.52. The molecular formula is C13H16BrNO2S. The Hall–Kier alpha value is -0.650. The molecule has 2 N–H and O–H groups in total. The van der Waals surface area contributed by atoms with E-state index in [4.69, 9.17) is 0 Å². The van der Waals surface area contributed by atoms with Gasteiger partial charge in [-0.25, -0.2) is 0 Å². The van der Waals surface area contributed by atoms with Gasteiger partial charge in [0.2, 0.25) is 5.91 Å². The lowest BCUT2D eigenvalue weighted by atomic mass is 10.1. The average Bonchev–Trinajstić information content (AvgIpc) is 2.93. The number of amides is 1. The fraction of sp³-hybridized carbons (Fsp3) is 0.462. The number of hydrogen-bond donors (Lipinski definition) is 2. The molecule has 18 heavy (non-hydrogen) atoms. The van der Waals surface area contributed by atoms with Crippen LogP contribution in [0.1, 0.15) is 24.8 Å². The van der Waals surface area contributed by atoms with Crippen molar-refractivity contribution in [3.05, 3.63) is 26.9 Å². The second-order valence-corrected chi connectivity index (χ2v) is 6.81. The van der Waals surface area contributed by atoms with Crippen molar-refractivity contribution < 1.29 is 9.90 Å². The monoisotopic (exact) mass is 329 g/mol. The maximum atomic E-state index is 11.6. The third kappa shape index (κ3) is 3.93. The van der Waals surface area contributed by atoms with E-state index in [1.807, 2.05) is 11.4 Å². The number of nitrogens with one attached hydrogen (secondary N) is 1. The van der Waals surface area contributed by atoms with Crippen molar-refractivity contribution in [3.8, 4) is 0 Å². The minimum atomic E-state index is -0.248. The Balaban J connectivity index is 1.76. The van der Waals surface area contributed by atoms with Gasteiger partial charge in [-0.2, -0.15) is 0 Å². The van der Waals surface area contributed by atoms with Crippen LogP contribution >= 0.6 is 27.3 Å². The van der Waals surface area contributed by atoms with Crippen LogP contribution in [-0.2, 0) is 4.79 Å². The van der Waals surface area contributed by atoms with Gasteiger partial charge in [-0.1, -0.05) is 6.42 Å². The summed E-state index contributed by atoms with van der Waals surface area (Å²) in [6, 6.07) is 1.97. The number of halogens is 1. The van der Waals surface area contributed by atoms with Crippen molar-refractivity contribution in [1.82, 2.24) is 5.32 Å². The van der Waals surface area contributed by atoms with Gasteiger partial charge < -0.3 is 10.4 Å². The van der Waals surface area contributed by atoms with Crippen LogP contribution in [0.25, 0.3) is 6.08 Å². The van der Waals surface area contributed by atoms with E-state index in [0.29, 0.717) is 6.54 Å². The Bertz CT molecular complexity index is 444. The van der Waals surface area contributed by atoms with Crippen LogP contribution in [0.15, 0.2) is 21.3 Å². The van der Waals surface area contributed by atoms with Gasteiger partial charge in [-0.05, 0) is 51.9 Å². The van der Waals surface area contributed by atoms with Crippen molar-refractivity contribution in [2.45, 2.75) is 25.4 Å². The summed E-state index contributed by atoms with van der Waals surface area (Å²) in [4.78, 5) is 11.6. The first-order chi connectivity index (χ1) is 8.65. The minimum Gasteiger partial charge on any atom is -0.393 e. The van der Waals surface area contributed by atoms with Crippen LogP contribution < -0.4 is 5.32 Å². The molecule has 0 spiro atoms. The molecular weight excluding hydrogens is 314 g/mol. The highest BCUT2D eigenvalue weighted by molar-refractivity contribution is 9.11. The Morgan fingerprint density at radius 3 is 3.06 bits per heavy atom. The van der Waals surface area contributed by atoms with Crippen molar-refractivity contribution in [2.24, 2.45) is 5.92 Å². The number of aliphatic hydroxyl groups is 1. The van der Waals surface area contributed by atoms with E-state index in [1.165, 1.54) is 6.08 Å². The molecule has 0 aromatic carbocycles. The van der Waals surface area contributed by atoms with Crippen LogP contribution in [-0.4, -0.2) is 23.7 Å². The molecule has 1 heterocycles. The highest BCUT2D eigenvalue weighted by Gasteiger charge is 2.24. The third-order valence-corrected chi connectivity index (χ3v) is 4.70. The van der Waals surface area contributed by atoms with Gasteiger partial charge >= 0.3 is 0 Å². The van der Waals surface area contributed by atoms with Crippen molar-refractivity contribution in [3.63, 3.8) is 0 Å². The predicted octanol–water partition coefficient (Wildman–Crippen LogP) is 2.80. The van der Waals surface area contributed by atoms with E-state index in [2.05, 4.69) is 21.2 Å². The molecule has 0 radical (unpaired) electrons. The quantitative estimate of drug-likeness (QED) is 0.834. The average molecular weight is 330 g/mol. The summed E-state index contributed by atoms with van der Waals surface area (Å²) in [6.07, 6.45) is 6.00. The van der Waals surface area contributed by atoms with E-state index in [9.17, 15) is 9.90 Å².